The Morgan fingerprint density at radius 1 is 1.33 bits per heavy atom. The van der Waals surface area contributed by atoms with Crippen LogP contribution in [0.25, 0.3) is 0 Å². The molecule has 0 amide bonds. The Kier molecular flexibility index (Phi) is 3.83. The molecule has 0 atom stereocenters. The third-order valence-corrected chi connectivity index (χ3v) is 2.47. The van der Waals surface area contributed by atoms with Crippen LogP contribution in [0.1, 0.15) is 18.4 Å². The van der Waals surface area contributed by atoms with Crippen molar-refractivity contribution in [3.05, 3.63) is 34.3 Å². The normalized spacial score (nSPS) is 9.33. The molecule has 1 aromatic carbocycles. The fraction of sp³-hybridized carbons (Fsp3) is 0.300. The van der Waals surface area contributed by atoms with Crippen LogP contribution in [0.2, 0.25) is 0 Å². The number of nitrogens with zero attached hydrogens (tertiary/aromatic N) is 1. The van der Waals surface area contributed by atoms with E-state index >= 15 is 0 Å². The van der Waals surface area contributed by atoms with Gasteiger partial charge in [0.1, 0.15) is 0 Å². The molecular formula is C10H10BrN. The third kappa shape index (κ3) is 2.67. The van der Waals surface area contributed by atoms with Gasteiger partial charge in [0.05, 0.1) is 6.07 Å². The molecule has 0 unspecified atom stereocenters. The van der Waals surface area contributed by atoms with E-state index in [1.165, 1.54) is 5.56 Å². The molecule has 0 heterocycles. The first-order valence-electron chi connectivity index (χ1n) is 3.95. The molecule has 0 aromatic heterocycles. The maximum absolute atomic E-state index is 8.35. The molecule has 0 N–H and O–H groups in total. The Labute approximate surface area is 81.2 Å². The van der Waals surface area contributed by atoms with E-state index in [1.807, 2.05) is 18.2 Å². The summed E-state index contributed by atoms with van der Waals surface area (Å²) in [5.41, 5.74) is 1.28. The van der Waals surface area contributed by atoms with Crippen LogP contribution in [0.15, 0.2) is 28.7 Å². The molecule has 62 valence electrons. The number of aryl methyl sites for hydroxylation is 1. The predicted octanol–water partition coefficient (Wildman–Crippen LogP) is 3.30. The van der Waals surface area contributed by atoms with E-state index in [4.69, 9.17) is 5.26 Å². The van der Waals surface area contributed by atoms with Crippen LogP contribution in [0.4, 0.5) is 0 Å². The minimum Gasteiger partial charge on any atom is -0.198 e. The summed E-state index contributed by atoms with van der Waals surface area (Å²) in [6, 6.07) is 10.3. The van der Waals surface area contributed by atoms with E-state index in [2.05, 4.69) is 28.1 Å². The van der Waals surface area contributed by atoms with Gasteiger partial charge in [0, 0.05) is 10.9 Å². The summed E-state index contributed by atoms with van der Waals surface area (Å²) in [6.45, 7) is 0. The molecule has 0 aliphatic carbocycles. The van der Waals surface area contributed by atoms with Crippen molar-refractivity contribution in [2.45, 2.75) is 19.3 Å². The average molecular weight is 224 g/mol. The molecule has 0 radical (unpaired) electrons. The summed E-state index contributed by atoms with van der Waals surface area (Å²) in [7, 11) is 0. The summed E-state index contributed by atoms with van der Waals surface area (Å²) in [5, 5.41) is 8.35. The van der Waals surface area contributed by atoms with E-state index in [0.717, 1.165) is 17.3 Å². The van der Waals surface area contributed by atoms with Gasteiger partial charge in [0.25, 0.3) is 0 Å². The van der Waals surface area contributed by atoms with Crippen molar-refractivity contribution in [2.24, 2.45) is 0 Å². The number of rotatable bonds is 3. The van der Waals surface area contributed by atoms with Gasteiger partial charge in [-0.05, 0) is 24.5 Å². The van der Waals surface area contributed by atoms with Crippen LogP contribution in [0.5, 0.6) is 0 Å². The molecule has 0 saturated carbocycles. The molecule has 0 fully saturated rings. The van der Waals surface area contributed by atoms with Crippen LogP contribution in [-0.2, 0) is 6.42 Å². The van der Waals surface area contributed by atoms with Gasteiger partial charge < -0.3 is 0 Å². The quantitative estimate of drug-likeness (QED) is 0.722. The standard InChI is InChI=1S/C10H10BrN/c11-10-7-2-1-5-9(10)6-3-4-8-12/h1-2,5,7H,3-4,6H2. The van der Waals surface area contributed by atoms with Crippen molar-refractivity contribution in [2.75, 3.05) is 0 Å². The Morgan fingerprint density at radius 3 is 2.75 bits per heavy atom. The number of hydrogen-bond donors (Lipinski definition) is 0. The number of hydrogen-bond acceptors (Lipinski definition) is 1. The Morgan fingerprint density at radius 2 is 2.08 bits per heavy atom. The van der Waals surface area contributed by atoms with Gasteiger partial charge in [0.2, 0.25) is 0 Å². The number of unbranched alkanes of at least 4 members (excludes halogenated alkanes) is 1. The predicted molar refractivity (Wildman–Crippen MR) is 52.7 cm³/mol. The SMILES string of the molecule is N#CCCCc1ccccc1Br. The minimum atomic E-state index is 0.640. The van der Waals surface area contributed by atoms with Gasteiger partial charge in [-0.3, -0.25) is 0 Å². The van der Waals surface area contributed by atoms with Crippen molar-refractivity contribution in [1.82, 2.24) is 0 Å². The lowest BCUT2D eigenvalue weighted by Gasteiger charge is -2.00. The van der Waals surface area contributed by atoms with Gasteiger partial charge in [0.15, 0.2) is 0 Å². The van der Waals surface area contributed by atoms with Crippen LogP contribution in [0, 0.1) is 11.3 Å². The first-order chi connectivity index (χ1) is 5.84. The van der Waals surface area contributed by atoms with Gasteiger partial charge >= 0.3 is 0 Å². The molecule has 0 bridgehead atoms. The lowest BCUT2D eigenvalue weighted by Crippen LogP contribution is -1.85. The average Bonchev–Trinajstić information content (AvgIpc) is 2.09. The fourth-order valence-electron chi connectivity index (χ4n) is 1.06. The van der Waals surface area contributed by atoms with Crippen molar-refractivity contribution < 1.29 is 0 Å². The lowest BCUT2D eigenvalue weighted by atomic mass is 10.1. The molecule has 1 nitrogen and oxygen atoms in total. The largest absolute Gasteiger partial charge is 0.198 e. The lowest BCUT2D eigenvalue weighted by molar-refractivity contribution is 0.847. The van der Waals surface area contributed by atoms with Crippen LogP contribution in [-0.4, -0.2) is 0 Å². The van der Waals surface area contributed by atoms with Crippen molar-refractivity contribution in [3.8, 4) is 6.07 Å². The monoisotopic (exact) mass is 223 g/mol. The minimum absolute atomic E-state index is 0.640. The molecule has 2 heteroatoms. The number of nitriles is 1. The van der Waals surface area contributed by atoms with E-state index in [9.17, 15) is 0 Å². The Bertz CT molecular complexity index is 288. The molecule has 1 aromatic rings. The van der Waals surface area contributed by atoms with Gasteiger partial charge in [-0.1, -0.05) is 34.1 Å². The highest BCUT2D eigenvalue weighted by Crippen LogP contribution is 2.17. The zero-order valence-electron chi connectivity index (χ0n) is 6.76. The summed E-state index contributed by atoms with van der Waals surface area (Å²) < 4.78 is 1.14. The maximum Gasteiger partial charge on any atom is 0.0621 e. The smallest absolute Gasteiger partial charge is 0.0621 e. The summed E-state index contributed by atoms with van der Waals surface area (Å²) in [6.07, 6.45) is 2.56. The molecule has 1 rings (SSSR count). The van der Waals surface area contributed by atoms with E-state index in [1.54, 1.807) is 0 Å². The highest BCUT2D eigenvalue weighted by molar-refractivity contribution is 9.10. The Balaban J connectivity index is 2.53. The molecule has 0 aliphatic heterocycles. The van der Waals surface area contributed by atoms with Crippen molar-refractivity contribution in [1.29, 1.82) is 5.26 Å². The second kappa shape index (κ2) is 4.95. The zero-order chi connectivity index (χ0) is 8.81. The van der Waals surface area contributed by atoms with E-state index < -0.39 is 0 Å². The van der Waals surface area contributed by atoms with Crippen LogP contribution >= 0.6 is 15.9 Å². The van der Waals surface area contributed by atoms with Crippen molar-refractivity contribution >= 4 is 15.9 Å². The first kappa shape index (κ1) is 9.28. The zero-order valence-corrected chi connectivity index (χ0v) is 8.34. The summed E-state index contributed by atoms with van der Waals surface area (Å²) >= 11 is 3.47. The van der Waals surface area contributed by atoms with Crippen LogP contribution < -0.4 is 0 Å². The maximum atomic E-state index is 8.35. The Hall–Kier alpha value is -0.810. The first-order valence-corrected chi connectivity index (χ1v) is 4.74. The fourth-order valence-corrected chi connectivity index (χ4v) is 1.54. The van der Waals surface area contributed by atoms with E-state index in [-0.39, 0.29) is 0 Å². The number of halogens is 1. The number of benzene rings is 1. The molecule has 0 aliphatic rings. The van der Waals surface area contributed by atoms with Crippen molar-refractivity contribution in [3.63, 3.8) is 0 Å². The molecule has 0 spiro atoms. The summed E-state index contributed by atoms with van der Waals surface area (Å²) in [4.78, 5) is 0. The molecule has 0 saturated heterocycles. The molecular weight excluding hydrogens is 214 g/mol. The van der Waals surface area contributed by atoms with E-state index in [0.29, 0.717) is 6.42 Å². The van der Waals surface area contributed by atoms with Gasteiger partial charge in [-0.25, -0.2) is 0 Å². The highest BCUT2D eigenvalue weighted by Gasteiger charge is 1.96. The second-order valence-corrected chi connectivity index (χ2v) is 3.46. The highest BCUT2D eigenvalue weighted by atomic mass is 79.9. The van der Waals surface area contributed by atoms with Crippen LogP contribution in [0.3, 0.4) is 0 Å². The second-order valence-electron chi connectivity index (χ2n) is 2.60. The third-order valence-electron chi connectivity index (χ3n) is 1.69. The summed E-state index contributed by atoms with van der Waals surface area (Å²) in [5.74, 6) is 0. The van der Waals surface area contributed by atoms with Gasteiger partial charge in [-0.15, -0.1) is 0 Å². The topological polar surface area (TPSA) is 23.8 Å². The molecule has 12 heavy (non-hydrogen) atoms. The van der Waals surface area contributed by atoms with Gasteiger partial charge in [-0.2, -0.15) is 5.26 Å².